The Hall–Kier alpha value is -0.610. The van der Waals surface area contributed by atoms with Crippen molar-refractivity contribution in [1.82, 2.24) is 10.6 Å². The summed E-state index contributed by atoms with van der Waals surface area (Å²) in [5.41, 5.74) is 0.0187. The molecule has 1 heterocycles. The maximum absolute atomic E-state index is 11.8. The van der Waals surface area contributed by atoms with Gasteiger partial charge in [0.05, 0.1) is 6.04 Å². The Morgan fingerprint density at radius 3 is 2.72 bits per heavy atom. The highest BCUT2D eigenvalue weighted by Crippen LogP contribution is 2.35. The SMILES string of the molecule is O=C1NCCCCC1NCC1(CO)CCCCC1. The van der Waals surface area contributed by atoms with Crippen molar-refractivity contribution in [3.8, 4) is 0 Å². The largest absolute Gasteiger partial charge is 0.396 e. The minimum Gasteiger partial charge on any atom is -0.396 e. The van der Waals surface area contributed by atoms with Gasteiger partial charge in [-0.15, -0.1) is 0 Å². The number of hydrogen-bond acceptors (Lipinski definition) is 3. The van der Waals surface area contributed by atoms with E-state index in [9.17, 15) is 9.90 Å². The lowest BCUT2D eigenvalue weighted by atomic mass is 9.74. The summed E-state index contributed by atoms with van der Waals surface area (Å²) in [6.45, 7) is 1.83. The molecule has 4 heteroatoms. The molecule has 104 valence electrons. The van der Waals surface area contributed by atoms with Crippen molar-refractivity contribution in [2.75, 3.05) is 19.7 Å². The lowest BCUT2D eigenvalue weighted by molar-refractivity contribution is -0.123. The Kier molecular flexibility index (Phi) is 5.01. The summed E-state index contributed by atoms with van der Waals surface area (Å²) in [7, 11) is 0. The molecule has 1 amide bonds. The average Bonchev–Trinajstić information content (AvgIpc) is 2.62. The molecule has 0 radical (unpaired) electrons. The summed E-state index contributed by atoms with van der Waals surface area (Å²) >= 11 is 0. The molecule has 0 aromatic carbocycles. The summed E-state index contributed by atoms with van der Waals surface area (Å²) in [5, 5.41) is 16.0. The van der Waals surface area contributed by atoms with Gasteiger partial charge in [0.2, 0.25) is 5.91 Å². The third kappa shape index (κ3) is 3.45. The van der Waals surface area contributed by atoms with Crippen LogP contribution in [0.15, 0.2) is 0 Å². The lowest BCUT2D eigenvalue weighted by Crippen LogP contribution is -2.48. The second-order valence-corrected chi connectivity index (χ2v) is 5.94. The topological polar surface area (TPSA) is 61.4 Å². The predicted octanol–water partition coefficient (Wildman–Crippen LogP) is 1.19. The van der Waals surface area contributed by atoms with E-state index in [2.05, 4.69) is 10.6 Å². The van der Waals surface area contributed by atoms with Gasteiger partial charge in [-0.2, -0.15) is 0 Å². The Morgan fingerprint density at radius 2 is 2.00 bits per heavy atom. The van der Waals surface area contributed by atoms with E-state index in [1.165, 1.54) is 19.3 Å². The van der Waals surface area contributed by atoms with Gasteiger partial charge in [0.1, 0.15) is 0 Å². The predicted molar refractivity (Wildman–Crippen MR) is 71.3 cm³/mol. The van der Waals surface area contributed by atoms with Crippen molar-refractivity contribution in [2.45, 2.75) is 57.4 Å². The number of aliphatic hydroxyl groups is 1. The van der Waals surface area contributed by atoms with Crippen LogP contribution in [0, 0.1) is 5.41 Å². The lowest BCUT2D eigenvalue weighted by Gasteiger charge is -2.36. The van der Waals surface area contributed by atoms with E-state index in [-0.39, 0.29) is 24.0 Å². The van der Waals surface area contributed by atoms with E-state index in [0.29, 0.717) is 0 Å². The number of nitrogens with one attached hydrogen (secondary N) is 2. The Morgan fingerprint density at radius 1 is 1.22 bits per heavy atom. The Balaban J connectivity index is 1.86. The highest BCUT2D eigenvalue weighted by atomic mass is 16.3. The summed E-state index contributed by atoms with van der Waals surface area (Å²) in [4.78, 5) is 11.8. The fraction of sp³-hybridized carbons (Fsp3) is 0.929. The zero-order chi connectivity index (χ0) is 12.8. The van der Waals surface area contributed by atoms with Crippen LogP contribution >= 0.6 is 0 Å². The zero-order valence-electron chi connectivity index (χ0n) is 11.2. The first-order chi connectivity index (χ1) is 8.76. The number of aliphatic hydroxyl groups excluding tert-OH is 1. The molecule has 1 atom stereocenters. The highest BCUT2D eigenvalue weighted by Gasteiger charge is 2.32. The van der Waals surface area contributed by atoms with Gasteiger partial charge in [0.15, 0.2) is 0 Å². The minimum atomic E-state index is -0.0575. The van der Waals surface area contributed by atoms with Gasteiger partial charge in [-0.1, -0.05) is 19.3 Å². The summed E-state index contributed by atoms with van der Waals surface area (Å²) in [6, 6.07) is -0.0575. The van der Waals surface area contributed by atoms with Crippen LogP contribution in [0.4, 0.5) is 0 Å². The van der Waals surface area contributed by atoms with E-state index < -0.39 is 0 Å². The van der Waals surface area contributed by atoms with E-state index >= 15 is 0 Å². The maximum atomic E-state index is 11.8. The van der Waals surface area contributed by atoms with Gasteiger partial charge in [0.25, 0.3) is 0 Å². The first kappa shape index (κ1) is 13.8. The second kappa shape index (κ2) is 6.53. The molecular formula is C14H26N2O2. The molecule has 18 heavy (non-hydrogen) atoms. The number of rotatable bonds is 4. The van der Waals surface area contributed by atoms with E-state index in [1.54, 1.807) is 0 Å². The highest BCUT2D eigenvalue weighted by molar-refractivity contribution is 5.81. The quantitative estimate of drug-likeness (QED) is 0.706. The van der Waals surface area contributed by atoms with Gasteiger partial charge in [-0.05, 0) is 32.1 Å². The van der Waals surface area contributed by atoms with Crippen molar-refractivity contribution in [3.63, 3.8) is 0 Å². The minimum absolute atomic E-state index is 0.0187. The number of carbonyl (C=O) groups is 1. The fourth-order valence-electron chi connectivity index (χ4n) is 3.17. The normalized spacial score (nSPS) is 28.5. The molecule has 2 rings (SSSR count). The molecule has 0 aromatic rings. The molecule has 1 unspecified atom stereocenters. The molecule has 1 aliphatic carbocycles. The number of carbonyl (C=O) groups excluding carboxylic acids is 1. The summed E-state index contributed by atoms with van der Waals surface area (Å²) in [6.07, 6.45) is 8.98. The van der Waals surface area contributed by atoms with Crippen LogP contribution in [-0.2, 0) is 4.79 Å². The molecule has 3 N–H and O–H groups in total. The van der Waals surface area contributed by atoms with E-state index in [4.69, 9.17) is 0 Å². The molecular weight excluding hydrogens is 228 g/mol. The van der Waals surface area contributed by atoms with Gasteiger partial charge < -0.3 is 15.7 Å². The van der Waals surface area contributed by atoms with Crippen molar-refractivity contribution in [1.29, 1.82) is 0 Å². The van der Waals surface area contributed by atoms with Gasteiger partial charge in [-0.25, -0.2) is 0 Å². The first-order valence-corrected chi connectivity index (χ1v) is 7.38. The maximum Gasteiger partial charge on any atom is 0.237 e. The zero-order valence-corrected chi connectivity index (χ0v) is 11.2. The number of hydrogen-bond donors (Lipinski definition) is 3. The van der Waals surface area contributed by atoms with Crippen LogP contribution in [0.25, 0.3) is 0 Å². The summed E-state index contributed by atoms with van der Waals surface area (Å²) < 4.78 is 0. The van der Waals surface area contributed by atoms with Crippen molar-refractivity contribution in [2.24, 2.45) is 5.41 Å². The standard InChI is InChI=1S/C14H26N2O2/c17-11-14(7-3-1-4-8-14)10-16-12-6-2-5-9-15-13(12)18/h12,16-17H,1-11H2,(H,15,18). The Labute approximate surface area is 110 Å². The third-order valence-electron chi connectivity index (χ3n) is 4.51. The molecule has 1 saturated carbocycles. The second-order valence-electron chi connectivity index (χ2n) is 5.94. The molecule has 0 aromatic heterocycles. The van der Waals surface area contributed by atoms with Gasteiger partial charge in [0, 0.05) is 25.1 Å². The monoisotopic (exact) mass is 254 g/mol. The third-order valence-corrected chi connectivity index (χ3v) is 4.51. The smallest absolute Gasteiger partial charge is 0.237 e. The van der Waals surface area contributed by atoms with Crippen molar-refractivity contribution in [3.05, 3.63) is 0 Å². The van der Waals surface area contributed by atoms with Crippen LogP contribution in [0.5, 0.6) is 0 Å². The Bertz CT molecular complexity index is 275. The number of amides is 1. The van der Waals surface area contributed by atoms with Crippen LogP contribution < -0.4 is 10.6 Å². The van der Waals surface area contributed by atoms with Crippen molar-refractivity contribution < 1.29 is 9.90 Å². The average molecular weight is 254 g/mol. The van der Waals surface area contributed by atoms with E-state index in [0.717, 1.165) is 45.2 Å². The summed E-state index contributed by atoms with van der Waals surface area (Å²) in [5.74, 6) is 0.136. The van der Waals surface area contributed by atoms with Crippen molar-refractivity contribution >= 4 is 5.91 Å². The van der Waals surface area contributed by atoms with Gasteiger partial charge in [-0.3, -0.25) is 4.79 Å². The van der Waals surface area contributed by atoms with E-state index in [1.807, 2.05) is 0 Å². The van der Waals surface area contributed by atoms with Crippen LogP contribution in [-0.4, -0.2) is 36.8 Å². The fourth-order valence-corrected chi connectivity index (χ4v) is 3.17. The van der Waals surface area contributed by atoms with Crippen LogP contribution in [0.3, 0.4) is 0 Å². The first-order valence-electron chi connectivity index (χ1n) is 7.38. The molecule has 1 aliphatic heterocycles. The molecule has 1 saturated heterocycles. The van der Waals surface area contributed by atoms with Crippen LogP contribution in [0.1, 0.15) is 51.4 Å². The molecule has 4 nitrogen and oxygen atoms in total. The van der Waals surface area contributed by atoms with Crippen LogP contribution in [0.2, 0.25) is 0 Å². The van der Waals surface area contributed by atoms with Gasteiger partial charge >= 0.3 is 0 Å². The molecule has 2 fully saturated rings. The molecule has 0 bridgehead atoms. The molecule has 0 spiro atoms. The molecule has 2 aliphatic rings.